The van der Waals surface area contributed by atoms with E-state index in [4.69, 9.17) is 5.11 Å². The van der Waals surface area contributed by atoms with E-state index in [2.05, 4.69) is 4.98 Å². The van der Waals surface area contributed by atoms with Crippen molar-refractivity contribution in [1.82, 2.24) is 9.88 Å². The molecule has 6 nitrogen and oxygen atoms in total. The van der Waals surface area contributed by atoms with E-state index in [1.54, 1.807) is 17.2 Å². The Labute approximate surface area is 146 Å². The molecule has 1 N–H and O–H groups in total. The van der Waals surface area contributed by atoms with Crippen LogP contribution in [0.4, 0.5) is 11.5 Å². The minimum absolute atomic E-state index is 0.00596. The first kappa shape index (κ1) is 17.0. The highest BCUT2D eigenvalue weighted by Crippen LogP contribution is 2.24. The topological polar surface area (TPSA) is 73.7 Å². The van der Waals surface area contributed by atoms with Crippen molar-refractivity contribution in [2.75, 3.05) is 18.5 Å². The number of hydrogen-bond acceptors (Lipinski definition) is 4. The molecule has 1 amide bonds. The van der Waals surface area contributed by atoms with Gasteiger partial charge in [-0.05, 0) is 37.1 Å². The van der Waals surface area contributed by atoms with Crippen molar-refractivity contribution in [3.05, 3.63) is 54.2 Å². The van der Waals surface area contributed by atoms with Crippen molar-refractivity contribution >= 4 is 23.4 Å². The minimum Gasteiger partial charge on any atom is -0.481 e. The fraction of sp³-hybridized carbons (Fsp3) is 0.316. The summed E-state index contributed by atoms with van der Waals surface area (Å²) in [7, 11) is 1.92. The third kappa shape index (κ3) is 3.79. The first-order valence-corrected chi connectivity index (χ1v) is 8.34. The first-order chi connectivity index (χ1) is 12.1. The summed E-state index contributed by atoms with van der Waals surface area (Å²) < 4.78 is 0. The molecule has 130 valence electrons. The van der Waals surface area contributed by atoms with Crippen molar-refractivity contribution in [2.24, 2.45) is 0 Å². The number of aromatic nitrogens is 1. The average molecular weight is 339 g/mol. The van der Waals surface area contributed by atoms with Gasteiger partial charge in [-0.15, -0.1) is 0 Å². The molecule has 6 heteroatoms. The number of aliphatic carboxylic acids is 1. The van der Waals surface area contributed by atoms with Crippen LogP contribution in [0.5, 0.6) is 0 Å². The van der Waals surface area contributed by atoms with Crippen LogP contribution in [0.3, 0.4) is 0 Å². The number of nitrogens with zero attached hydrogens (tertiary/aromatic N) is 3. The number of anilines is 2. The van der Waals surface area contributed by atoms with Gasteiger partial charge in [-0.3, -0.25) is 9.59 Å². The zero-order valence-electron chi connectivity index (χ0n) is 14.1. The molecule has 1 fully saturated rings. The van der Waals surface area contributed by atoms with E-state index < -0.39 is 5.97 Å². The summed E-state index contributed by atoms with van der Waals surface area (Å²) in [5.74, 6) is -0.279. The van der Waals surface area contributed by atoms with E-state index in [0.29, 0.717) is 12.1 Å². The lowest BCUT2D eigenvalue weighted by molar-refractivity contribution is -0.137. The SMILES string of the molecule is CN(c1ccccc1)c1ccc(C(=O)N2CCCC2CC(=O)O)cn1. The molecular formula is C19H21N3O3. The Balaban J connectivity index is 1.73. The molecule has 0 bridgehead atoms. The van der Waals surface area contributed by atoms with Gasteiger partial charge in [0.1, 0.15) is 5.82 Å². The Hall–Kier alpha value is -2.89. The fourth-order valence-corrected chi connectivity index (χ4v) is 3.18. The number of benzene rings is 1. The van der Waals surface area contributed by atoms with Crippen molar-refractivity contribution in [3.8, 4) is 0 Å². The second kappa shape index (κ2) is 7.34. The summed E-state index contributed by atoms with van der Waals surface area (Å²) >= 11 is 0. The maximum absolute atomic E-state index is 12.7. The van der Waals surface area contributed by atoms with Gasteiger partial charge in [0, 0.05) is 31.5 Å². The highest BCUT2D eigenvalue weighted by Gasteiger charge is 2.31. The minimum atomic E-state index is -0.873. The predicted octanol–water partition coefficient (Wildman–Crippen LogP) is 2.93. The van der Waals surface area contributed by atoms with E-state index in [0.717, 1.165) is 24.3 Å². The molecular weight excluding hydrogens is 318 g/mol. The number of likely N-dealkylation sites (tertiary alicyclic amines) is 1. The zero-order chi connectivity index (χ0) is 17.8. The van der Waals surface area contributed by atoms with Crippen LogP contribution in [0.25, 0.3) is 0 Å². The maximum atomic E-state index is 12.7. The molecule has 1 atom stereocenters. The van der Waals surface area contributed by atoms with Crippen LogP contribution >= 0.6 is 0 Å². The highest BCUT2D eigenvalue weighted by molar-refractivity contribution is 5.94. The molecule has 1 aliphatic heterocycles. The molecule has 1 unspecified atom stereocenters. The van der Waals surface area contributed by atoms with Crippen LogP contribution < -0.4 is 4.90 Å². The first-order valence-electron chi connectivity index (χ1n) is 8.34. The van der Waals surface area contributed by atoms with Crippen molar-refractivity contribution < 1.29 is 14.7 Å². The number of pyridine rings is 1. The van der Waals surface area contributed by atoms with Gasteiger partial charge in [0.25, 0.3) is 5.91 Å². The zero-order valence-corrected chi connectivity index (χ0v) is 14.1. The number of carbonyl (C=O) groups excluding carboxylic acids is 1. The largest absolute Gasteiger partial charge is 0.481 e. The molecule has 2 aromatic rings. The quantitative estimate of drug-likeness (QED) is 0.907. The lowest BCUT2D eigenvalue weighted by atomic mass is 10.1. The number of rotatable bonds is 5. The summed E-state index contributed by atoms with van der Waals surface area (Å²) in [5.41, 5.74) is 1.50. The van der Waals surface area contributed by atoms with E-state index in [9.17, 15) is 9.59 Å². The maximum Gasteiger partial charge on any atom is 0.305 e. The van der Waals surface area contributed by atoms with E-state index in [-0.39, 0.29) is 18.4 Å². The van der Waals surface area contributed by atoms with Gasteiger partial charge in [-0.25, -0.2) is 4.98 Å². The molecule has 25 heavy (non-hydrogen) atoms. The Morgan fingerprint density at radius 1 is 1.24 bits per heavy atom. The fourth-order valence-electron chi connectivity index (χ4n) is 3.18. The summed E-state index contributed by atoms with van der Waals surface area (Å²) in [4.78, 5) is 31.6. The van der Waals surface area contributed by atoms with Crippen LogP contribution in [-0.4, -0.2) is 46.5 Å². The van der Waals surface area contributed by atoms with Gasteiger partial charge in [-0.1, -0.05) is 18.2 Å². The summed E-state index contributed by atoms with van der Waals surface area (Å²) in [6.45, 7) is 0.600. The molecule has 1 aromatic carbocycles. The normalized spacial score (nSPS) is 16.7. The molecule has 1 aromatic heterocycles. The number of carboxylic acid groups (broad SMARTS) is 1. The van der Waals surface area contributed by atoms with Gasteiger partial charge in [0.2, 0.25) is 0 Å². The number of carboxylic acids is 1. The summed E-state index contributed by atoms with van der Waals surface area (Å²) in [6.07, 6.45) is 3.13. The van der Waals surface area contributed by atoms with E-state index >= 15 is 0 Å². The smallest absolute Gasteiger partial charge is 0.305 e. The molecule has 0 spiro atoms. The van der Waals surface area contributed by atoms with Crippen LogP contribution in [0.15, 0.2) is 48.7 Å². The lowest BCUT2D eigenvalue weighted by Gasteiger charge is -2.24. The van der Waals surface area contributed by atoms with Crippen LogP contribution in [0, 0.1) is 0 Å². The van der Waals surface area contributed by atoms with Crippen LogP contribution in [0.1, 0.15) is 29.6 Å². The Morgan fingerprint density at radius 3 is 2.64 bits per heavy atom. The van der Waals surface area contributed by atoms with Gasteiger partial charge in [0.05, 0.1) is 12.0 Å². The molecule has 1 saturated heterocycles. The van der Waals surface area contributed by atoms with Crippen molar-refractivity contribution in [1.29, 1.82) is 0 Å². The van der Waals surface area contributed by atoms with Crippen molar-refractivity contribution in [2.45, 2.75) is 25.3 Å². The molecule has 0 radical (unpaired) electrons. The van der Waals surface area contributed by atoms with Crippen LogP contribution in [-0.2, 0) is 4.79 Å². The Kier molecular flexibility index (Phi) is 4.97. The molecule has 0 saturated carbocycles. The van der Waals surface area contributed by atoms with Gasteiger partial charge in [-0.2, -0.15) is 0 Å². The average Bonchev–Trinajstić information content (AvgIpc) is 3.08. The van der Waals surface area contributed by atoms with Crippen LogP contribution in [0.2, 0.25) is 0 Å². The monoisotopic (exact) mass is 339 g/mol. The molecule has 1 aliphatic rings. The lowest BCUT2D eigenvalue weighted by Crippen LogP contribution is -2.36. The second-order valence-electron chi connectivity index (χ2n) is 6.19. The Bertz CT molecular complexity index is 746. The number of amides is 1. The van der Waals surface area contributed by atoms with Crippen molar-refractivity contribution in [3.63, 3.8) is 0 Å². The summed E-state index contributed by atoms with van der Waals surface area (Å²) in [6, 6.07) is 13.2. The molecule has 0 aliphatic carbocycles. The molecule has 3 rings (SSSR count). The standard InChI is InChI=1S/C19H21N3O3/c1-21(15-6-3-2-4-7-15)17-10-9-14(13-20-17)19(25)22-11-5-8-16(22)12-18(23)24/h2-4,6-7,9-10,13,16H,5,8,11-12H2,1H3,(H,23,24). The second-order valence-corrected chi connectivity index (χ2v) is 6.19. The number of carbonyl (C=O) groups is 2. The highest BCUT2D eigenvalue weighted by atomic mass is 16.4. The van der Waals surface area contributed by atoms with Gasteiger partial charge in [0.15, 0.2) is 0 Å². The number of para-hydroxylation sites is 1. The predicted molar refractivity (Wildman–Crippen MR) is 95.1 cm³/mol. The third-order valence-corrected chi connectivity index (χ3v) is 4.53. The molecule has 2 heterocycles. The third-order valence-electron chi connectivity index (χ3n) is 4.53. The number of hydrogen-bond donors (Lipinski definition) is 1. The van der Waals surface area contributed by atoms with Gasteiger partial charge < -0.3 is 14.9 Å². The van der Waals surface area contributed by atoms with Gasteiger partial charge >= 0.3 is 5.97 Å². The van der Waals surface area contributed by atoms with E-state index in [1.165, 1.54) is 0 Å². The summed E-state index contributed by atoms with van der Waals surface area (Å²) in [5, 5.41) is 8.99. The van der Waals surface area contributed by atoms with E-state index in [1.807, 2.05) is 48.3 Å². The Morgan fingerprint density at radius 2 is 2.00 bits per heavy atom.